The third-order valence-electron chi connectivity index (χ3n) is 3.12. The summed E-state index contributed by atoms with van der Waals surface area (Å²) in [5, 5.41) is 0. The third kappa shape index (κ3) is 2.86. The summed E-state index contributed by atoms with van der Waals surface area (Å²) in [7, 11) is 1.63. The number of esters is 1. The van der Waals surface area contributed by atoms with E-state index >= 15 is 0 Å². The minimum atomic E-state index is -0.228. The molecule has 0 saturated carbocycles. The van der Waals surface area contributed by atoms with Gasteiger partial charge in [0.15, 0.2) is 0 Å². The maximum absolute atomic E-state index is 11.6. The van der Waals surface area contributed by atoms with Gasteiger partial charge in [-0.3, -0.25) is 4.79 Å². The molecule has 0 bridgehead atoms. The van der Waals surface area contributed by atoms with Crippen LogP contribution in [0.4, 0.5) is 0 Å². The summed E-state index contributed by atoms with van der Waals surface area (Å²) >= 11 is 3.57. The normalized spacial score (nSPS) is 10.3. The van der Waals surface area contributed by atoms with Gasteiger partial charge in [0.25, 0.3) is 0 Å². The second-order valence-electron chi connectivity index (χ2n) is 4.18. The van der Waals surface area contributed by atoms with Gasteiger partial charge in [-0.1, -0.05) is 15.9 Å². The largest absolute Gasteiger partial charge is 0.496 e. The van der Waals surface area contributed by atoms with Crippen molar-refractivity contribution in [1.29, 1.82) is 0 Å². The van der Waals surface area contributed by atoms with Crippen molar-refractivity contribution < 1.29 is 14.3 Å². The van der Waals surface area contributed by atoms with Gasteiger partial charge in [0, 0.05) is 10.0 Å². The van der Waals surface area contributed by atoms with Gasteiger partial charge in [0.2, 0.25) is 0 Å². The molecule has 1 aromatic carbocycles. The Hall–Kier alpha value is -1.03. The Morgan fingerprint density at radius 1 is 1.17 bits per heavy atom. The van der Waals surface area contributed by atoms with Crippen LogP contribution in [0.2, 0.25) is 0 Å². The van der Waals surface area contributed by atoms with Crippen LogP contribution in [0.15, 0.2) is 4.47 Å². The maximum Gasteiger partial charge on any atom is 0.310 e. The average Bonchev–Trinajstić information content (AvgIpc) is 2.34. The Bertz CT molecular complexity index is 467. The number of benzene rings is 1. The van der Waals surface area contributed by atoms with Gasteiger partial charge in [0.05, 0.1) is 20.1 Å². The van der Waals surface area contributed by atoms with Crippen molar-refractivity contribution in [2.75, 3.05) is 13.7 Å². The smallest absolute Gasteiger partial charge is 0.310 e. The Morgan fingerprint density at radius 3 is 2.28 bits per heavy atom. The molecule has 0 amide bonds. The summed E-state index contributed by atoms with van der Waals surface area (Å²) in [6.45, 7) is 8.20. The molecule has 0 aliphatic rings. The highest BCUT2D eigenvalue weighted by atomic mass is 79.9. The van der Waals surface area contributed by atoms with Crippen LogP contribution < -0.4 is 4.74 Å². The van der Waals surface area contributed by atoms with Crippen LogP contribution >= 0.6 is 15.9 Å². The first-order chi connectivity index (χ1) is 8.43. The number of ether oxygens (including phenoxy) is 2. The van der Waals surface area contributed by atoms with E-state index in [1.807, 2.05) is 20.8 Å². The van der Waals surface area contributed by atoms with E-state index < -0.39 is 0 Å². The predicted molar refractivity (Wildman–Crippen MR) is 75.2 cm³/mol. The van der Waals surface area contributed by atoms with E-state index in [9.17, 15) is 4.79 Å². The van der Waals surface area contributed by atoms with Gasteiger partial charge in [-0.25, -0.2) is 0 Å². The lowest BCUT2D eigenvalue weighted by atomic mass is 9.97. The number of hydrogen-bond acceptors (Lipinski definition) is 3. The quantitative estimate of drug-likeness (QED) is 0.798. The summed E-state index contributed by atoms with van der Waals surface area (Å²) < 4.78 is 11.5. The van der Waals surface area contributed by atoms with Crippen LogP contribution in [0.25, 0.3) is 0 Å². The zero-order valence-electron chi connectivity index (χ0n) is 11.5. The van der Waals surface area contributed by atoms with Gasteiger partial charge in [-0.15, -0.1) is 0 Å². The molecule has 100 valence electrons. The van der Waals surface area contributed by atoms with E-state index in [0.29, 0.717) is 6.61 Å². The maximum atomic E-state index is 11.6. The average molecular weight is 315 g/mol. The summed E-state index contributed by atoms with van der Waals surface area (Å²) in [4.78, 5) is 11.6. The van der Waals surface area contributed by atoms with Crippen molar-refractivity contribution in [2.45, 2.75) is 34.1 Å². The first kappa shape index (κ1) is 15.0. The lowest BCUT2D eigenvalue weighted by molar-refractivity contribution is -0.142. The van der Waals surface area contributed by atoms with Crippen molar-refractivity contribution in [3.8, 4) is 5.75 Å². The van der Waals surface area contributed by atoms with Gasteiger partial charge < -0.3 is 9.47 Å². The fourth-order valence-electron chi connectivity index (χ4n) is 1.99. The molecule has 0 N–H and O–H groups in total. The highest BCUT2D eigenvalue weighted by Gasteiger charge is 2.19. The van der Waals surface area contributed by atoms with Gasteiger partial charge in [-0.05, 0) is 44.4 Å². The minimum Gasteiger partial charge on any atom is -0.496 e. The first-order valence-corrected chi connectivity index (χ1v) is 6.71. The van der Waals surface area contributed by atoms with Crippen LogP contribution in [-0.4, -0.2) is 19.7 Å². The number of carbonyl (C=O) groups is 1. The van der Waals surface area contributed by atoms with Crippen molar-refractivity contribution in [3.05, 3.63) is 26.7 Å². The zero-order valence-corrected chi connectivity index (χ0v) is 13.1. The summed E-state index contributed by atoms with van der Waals surface area (Å²) in [6, 6.07) is 0. The molecule has 0 aromatic heterocycles. The zero-order chi connectivity index (χ0) is 13.9. The third-order valence-corrected chi connectivity index (χ3v) is 4.31. The highest BCUT2D eigenvalue weighted by molar-refractivity contribution is 9.10. The number of methoxy groups -OCH3 is 1. The molecular weight excluding hydrogens is 296 g/mol. The molecule has 0 unspecified atom stereocenters. The van der Waals surface area contributed by atoms with Crippen LogP contribution in [0.5, 0.6) is 5.75 Å². The van der Waals surface area contributed by atoms with Crippen LogP contribution in [-0.2, 0) is 16.0 Å². The molecule has 0 radical (unpaired) electrons. The van der Waals surface area contributed by atoms with E-state index in [2.05, 4.69) is 15.9 Å². The lowest BCUT2D eigenvalue weighted by Crippen LogP contribution is -2.11. The number of hydrogen-bond donors (Lipinski definition) is 0. The SMILES string of the molecule is CCOC(=O)Cc1c(C)c(Br)c(C)c(C)c1OC. The number of carbonyl (C=O) groups excluding carboxylic acids is 1. The predicted octanol–water partition coefficient (Wildman–Crippen LogP) is 3.49. The molecule has 1 rings (SSSR count). The Labute approximate surface area is 117 Å². The fourth-order valence-corrected chi connectivity index (χ4v) is 2.53. The topological polar surface area (TPSA) is 35.5 Å². The van der Waals surface area contributed by atoms with Crippen LogP contribution in [0.3, 0.4) is 0 Å². The van der Waals surface area contributed by atoms with Crippen molar-refractivity contribution in [1.82, 2.24) is 0 Å². The molecule has 1 aromatic rings. The second-order valence-corrected chi connectivity index (χ2v) is 4.98. The molecule has 0 aliphatic heterocycles. The fraction of sp³-hybridized carbons (Fsp3) is 0.500. The summed E-state index contributed by atoms with van der Waals surface area (Å²) in [5.74, 6) is 0.551. The molecular formula is C14H19BrO3. The molecule has 18 heavy (non-hydrogen) atoms. The van der Waals surface area contributed by atoms with E-state index in [1.54, 1.807) is 14.0 Å². The Balaban J connectivity index is 3.29. The molecule has 0 fully saturated rings. The molecule has 0 saturated heterocycles. The van der Waals surface area contributed by atoms with E-state index in [0.717, 1.165) is 32.5 Å². The van der Waals surface area contributed by atoms with Crippen molar-refractivity contribution in [2.24, 2.45) is 0 Å². The lowest BCUT2D eigenvalue weighted by Gasteiger charge is -2.18. The van der Waals surface area contributed by atoms with Crippen molar-refractivity contribution in [3.63, 3.8) is 0 Å². The second kappa shape index (κ2) is 6.23. The molecule has 4 heteroatoms. The standard InChI is InChI=1S/C14H19BrO3/c1-6-18-12(16)7-11-10(4)13(15)8(2)9(3)14(11)17-5/h6-7H2,1-5H3. The van der Waals surface area contributed by atoms with E-state index in [-0.39, 0.29) is 12.4 Å². The van der Waals surface area contributed by atoms with Gasteiger partial charge in [0.1, 0.15) is 5.75 Å². The molecule has 0 heterocycles. The molecule has 0 spiro atoms. The van der Waals surface area contributed by atoms with Crippen LogP contribution in [0, 0.1) is 20.8 Å². The van der Waals surface area contributed by atoms with E-state index in [4.69, 9.17) is 9.47 Å². The van der Waals surface area contributed by atoms with Crippen molar-refractivity contribution >= 4 is 21.9 Å². The number of rotatable bonds is 4. The molecule has 0 aliphatic carbocycles. The van der Waals surface area contributed by atoms with Crippen LogP contribution in [0.1, 0.15) is 29.2 Å². The Morgan fingerprint density at radius 2 is 1.78 bits per heavy atom. The Kier molecular flexibility index (Phi) is 5.20. The highest BCUT2D eigenvalue weighted by Crippen LogP contribution is 2.36. The van der Waals surface area contributed by atoms with Gasteiger partial charge in [-0.2, -0.15) is 0 Å². The molecule has 0 atom stereocenters. The molecule has 3 nitrogen and oxygen atoms in total. The number of halogens is 1. The summed E-state index contributed by atoms with van der Waals surface area (Å²) in [6.07, 6.45) is 0.239. The minimum absolute atomic E-state index is 0.228. The first-order valence-electron chi connectivity index (χ1n) is 5.91. The van der Waals surface area contributed by atoms with Gasteiger partial charge >= 0.3 is 5.97 Å². The monoisotopic (exact) mass is 314 g/mol. The van der Waals surface area contributed by atoms with E-state index in [1.165, 1.54) is 0 Å². The summed E-state index contributed by atoms with van der Waals surface area (Å²) in [5.41, 5.74) is 4.11.